The predicted molar refractivity (Wildman–Crippen MR) is 65.9 cm³/mol. The summed E-state index contributed by atoms with van der Waals surface area (Å²) in [5, 5.41) is 8.82. The fourth-order valence-electron chi connectivity index (χ4n) is 2.34. The molecule has 100 valence electrons. The zero-order valence-corrected chi connectivity index (χ0v) is 10.5. The van der Waals surface area contributed by atoms with Crippen molar-refractivity contribution in [2.45, 2.75) is 38.8 Å². The summed E-state index contributed by atoms with van der Waals surface area (Å²) in [7, 11) is 0. The molecule has 0 unspecified atom stereocenters. The molecule has 1 atom stereocenters. The average Bonchev–Trinajstić information content (AvgIpc) is 2.99. The maximum absolute atomic E-state index is 12.1. The summed E-state index contributed by atoms with van der Waals surface area (Å²) < 4.78 is 0. The minimum atomic E-state index is -0.356. The quantitative estimate of drug-likeness (QED) is 0.665. The highest BCUT2D eigenvalue weighted by Gasteiger charge is 2.26. The maximum atomic E-state index is 12.1. The number of aromatic amines is 2. The first-order chi connectivity index (χ1) is 8.70. The van der Waals surface area contributed by atoms with E-state index in [2.05, 4.69) is 25.4 Å². The van der Waals surface area contributed by atoms with Crippen LogP contribution in [-0.4, -0.2) is 45.1 Å². The SMILES string of the molecule is CC[C@H](C(=O)NCc1n[nH]c(=O)[nH]1)N1CCCC1. The molecule has 0 aliphatic carbocycles. The fourth-order valence-corrected chi connectivity index (χ4v) is 2.34. The third kappa shape index (κ3) is 2.98. The van der Waals surface area contributed by atoms with Crippen molar-refractivity contribution < 1.29 is 4.79 Å². The summed E-state index contributed by atoms with van der Waals surface area (Å²) in [5.41, 5.74) is -0.356. The minimum absolute atomic E-state index is 0.00301. The van der Waals surface area contributed by atoms with Gasteiger partial charge in [-0.2, -0.15) is 5.10 Å². The summed E-state index contributed by atoms with van der Waals surface area (Å²) in [6, 6.07) is -0.0711. The molecule has 0 spiro atoms. The highest BCUT2D eigenvalue weighted by molar-refractivity contribution is 5.81. The molecule has 2 heterocycles. The van der Waals surface area contributed by atoms with Crippen LogP contribution in [0.4, 0.5) is 0 Å². The Morgan fingerprint density at radius 3 is 2.78 bits per heavy atom. The highest BCUT2D eigenvalue weighted by Crippen LogP contribution is 2.14. The van der Waals surface area contributed by atoms with Gasteiger partial charge in [0.15, 0.2) is 0 Å². The number of rotatable bonds is 5. The predicted octanol–water partition coefficient (Wildman–Crippen LogP) is -0.411. The first kappa shape index (κ1) is 12.8. The monoisotopic (exact) mass is 253 g/mol. The van der Waals surface area contributed by atoms with Crippen molar-refractivity contribution in [2.24, 2.45) is 0 Å². The van der Waals surface area contributed by atoms with Crippen LogP contribution in [0.2, 0.25) is 0 Å². The van der Waals surface area contributed by atoms with Gasteiger partial charge in [-0.15, -0.1) is 0 Å². The van der Waals surface area contributed by atoms with E-state index in [1.54, 1.807) is 0 Å². The highest BCUT2D eigenvalue weighted by atomic mass is 16.2. The largest absolute Gasteiger partial charge is 0.347 e. The molecule has 7 nitrogen and oxygen atoms in total. The number of likely N-dealkylation sites (tertiary alicyclic amines) is 1. The van der Waals surface area contributed by atoms with Crippen LogP contribution < -0.4 is 11.0 Å². The molecular weight excluding hydrogens is 234 g/mol. The van der Waals surface area contributed by atoms with Crippen molar-refractivity contribution >= 4 is 5.91 Å². The van der Waals surface area contributed by atoms with E-state index in [0.717, 1.165) is 32.4 Å². The fraction of sp³-hybridized carbons (Fsp3) is 0.727. The van der Waals surface area contributed by atoms with Crippen LogP contribution in [0.1, 0.15) is 32.0 Å². The van der Waals surface area contributed by atoms with Crippen molar-refractivity contribution in [2.75, 3.05) is 13.1 Å². The van der Waals surface area contributed by atoms with Gasteiger partial charge in [0, 0.05) is 0 Å². The zero-order valence-electron chi connectivity index (χ0n) is 10.5. The van der Waals surface area contributed by atoms with Crippen LogP contribution in [0.25, 0.3) is 0 Å². The van der Waals surface area contributed by atoms with Gasteiger partial charge in [0.25, 0.3) is 0 Å². The smallest absolute Gasteiger partial charge is 0.340 e. The molecule has 7 heteroatoms. The van der Waals surface area contributed by atoms with Gasteiger partial charge < -0.3 is 5.32 Å². The third-order valence-corrected chi connectivity index (χ3v) is 3.25. The first-order valence-corrected chi connectivity index (χ1v) is 6.36. The van der Waals surface area contributed by atoms with Crippen LogP contribution in [0.15, 0.2) is 4.79 Å². The molecule has 2 rings (SSSR count). The summed E-state index contributed by atoms with van der Waals surface area (Å²) >= 11 is 0. The molecule has 0 aromatic carbocycles. The maximum Gasteiger partial charge on any atom is 0.340 e. The lowest BCUT2D eigenvalue weighted by Gasteiger charge is -2.25. The number of amides is 1. The second-order valence-electron chi connectivity index (χ2n) is 4.51. The molecule has 1 aliphatic heterocycles. The molecule has 18 heavy (non-hydrogen) atoms. The Morgan fingerprint density at radius 1 is 1.50 bits per heavy atom. The normalized spacial score (nSPS) is 17.8. The minimum Gasteiger partial charge on any atom is -0.347 e. The molecule has 1 saturated heterocycles. The van der Waals surface area contributed by atoms with Gasteiger partial charge in [-0.05, 0) is 32.4 Å². The van der Waals surface area contributed by atoms with Crippen LogP contribution in [-0.2, 0) is 11.3 Å². The van der Waals surface area contributed by atoms with Gasteiger partial charge in [-0.3, -0.25) is 14.7 Å². The number of H-pyrrole nitrogens is 2. The molecule has 1 aromatic heterocycles. The molecule has 0 bridgehead atoms. The first-order valence-electron chi connectivity index (χ1n) is 6.36. The van der Waals surface area contributed by atoms with Gasteiger partial charge >= 0.3 is 5.69 Å². The van der Waals surface area contributed by atoms with Crippen LogP contribution in [0.5, 0.6) is 0 Å². The number of nitrogens with one attached hydrogen (secondary N) is 3. The summed E-state index contributed by atoms with van der Waals surface area (Å²) in [5.74, 6) is 0.452. The number of hydrogen-bond acceptors (Lipinski definition) is 4. The molecule has 3 N–H and O–H groups in total. The number of nitrogens with zero attached hydrogens (tertiary/aromatic N) is 2. The lowest BCUT2D eigenvalue weighted by atomic mass is 10.2. The van der Waals surface area contributed by atoms with Crippen molar-refractivity contribution in [3.63, 3.8) is 0 Å². The van der Waals surface area contributed by atoms with E-state index in [1.165, 1.54) is 0 Å². The lowest BCUT2D eigenvalue weighted by molar-refractivity contribution is -0.126. The molecule has 0 radical (unpaired) electrons. The molecular formula is C11H19N5O2. The second-order valence-corrected chi connectivity index (χ2v) is 4.51. The van der Waals surface area contributed by atoms with Gasteiger partial charge in [-0.25, -0.2) is 9.89 Å². The van der Waals surface area contributed by atoms with Crippen LogP contribution >= 0.6 is 0 Å². The summed E-state index contributed by atoms with van der Waals surface area (Å²) in [4.78, 5) is 27.6. The Hall–Kier alpha value is -1.63. The van der Waals surface area contributed by atoms with E-state index in [1.807, 2.05) is 6.92 Å². The van der Waals surface area contributed by atoms with Gasteiger partial charge in [-0.1, -0.05) is 6.92 Å². The average molecular weight is 253 g/mol. The number of hydrogen-bond donors (Lipinski definition) is 3. The Labute approximate surface area is 105 Å². The topological polar surface area (TPSA) is 93.9 Å². The van der Waals surface area contributed by atoms with E-state index in [4.69, 9.17) is 0 Å². The molecule has 1 fully saturated rings. The van der Waals surface area contributed by atoms with E-state index in [0.29, 0.717) is 5.82 Å². The van der Waals surface area contributed by atoms with Crippen molar-refractivity contribution in [3.8, 4) is 0 Å². The van der Waals surface area contributed by atoms with Gasteiger partial charge in [0.05, 0.1) is 12.6 Å². The standard InChI is InChI=1S/C11H19N5O2/c1-2-8(16-5-3-4-6-16)10(17)12-7-9-13-11(18)15-14-9/h8H,2-7H2,1H3,(H,12,17)(H2,13,14,15,18)/t8-/m1/s1. The molecule has 0 saturated carbocycles. The lowest BCUT2D eigenvalue weighted by Crippen LogP contribution is -2.45. The summed E-state index contributed by atoms with van der Waals surface area (Å²) in [6.07, 6.45) is 3.12. The molecule has 1 aromatic rings. The van der Waals surface area contributed by atoms with Crippen molar-refractivity contribution in [1.82, 2.24) is 25.4 Å². The van der Waals surface area contributed by atoms with Crippen LogP contribution in [0.3, 0.4) is 0 Å². The Kier molecular flexibility index (Phi) is 4.14. The van der Waals surface area contributed by atoms with E-state index < -0.39 is 0 Å². The van der Waals surface area contributed by atoms with Gasteiger partial charge in [0.1, 0.15) is 5.82 Å². The van der Waals surface area contributed by atoms with Crippen LogP contribution in [0, 0.1) is 0 Å². The molecule has 1 aliphatic rings. The second kappa shape index (κ2) is 5.81. The zero-order chi connectivity index (χ0) is 13.0. The van der Waals surface area contributed by atoms with E-state index >= 15 is 0 Å². The molecule has 1 amide bonds. The Bertz CT molecular complexity index is 446. The van der Waals surface area contributed by atoms with E-state index in [9.17, 15) is 9.59 Å². The van der Waals surface area contributed by atoms with E-state index in [-0.39, 0.29) is 24.2 Å². The van der Waals surface area contributed by atoms with Crippen molar-refractivity contribution in [3.05, 3.63) is 16.3 Å². The third-order valence-electron chi connectivity index (χ3n) is 3.25. The van der Waals surface area contributed by atoms with Gasteiger partial charge in [0.2, 0.25) is 5.91 Å². The summed E-state index contributed by atoms with van der Waals surface area (Å²) in [6.45, 7) is 4.25. The van der Waals surface area contributed by atoms with Crippen molar-refractivity contribution in [1.29, 1.82) is 0 Å². The Morgan fingerprint density at radius 2 is 2.22 bits per heavy atom. The number of carbonyl (C=O) groups is 1. The number of aromatic nitrogens is 3. The Balaban J connectivity index is 1.87. The number of carbonyl (C=O) groups excluding carboxylic acids is 1.